The van der Waals surface area contributed by atoms with Crippen molar-refractivity contribution >= 4 is 5.91 Å². The zero-order valence-corrected chi connectivity index (χ0v) is 11.8. The summed E-state index contributed by atoms with van der Waals surface area (Å²) in [5.41, 5.74) is 1.27. The molecule has 0 aromatic heterocycles. The summed E-state index contributed by atoms with van der Waals surface area (Å²) in [4.78, 5) is 14.0. The zero-order chi connectivity index (χ0) is 13.7. The smallest absolute Gasteiger partial charge is 0.222 e. The molecule has 1 heterocycles. The van der Waals surface area contributed by atoms with Gasteiger partial charge < -0.3 is 9.64 Å². The Labute approximate surface area is 115 Å². The van der Waals surface area contributed by atoms with Crippen molar-refractivity contribution in [2.75, 3.05) is 13.1 Å². The lowest BCUT2D eigenvalue weighted by molar-refractivity contribution is -0.144. The first kappa shape index (κ1) is 14.1. The van der Waals surface area contributed by atoms with Crippen molar-refractivity contribution in [3.63, 3.8) is 0 Å². The van der Waals surface area contributed by atoms with E-state index in [4.69, 9.17) is 4.74 Å². The van der Waals surface area contributed by atoms with E-state index in [2.05, 4.69) is 12.1 Å². The molecule has 2 rings (SSSR count). The van der Waals surface area contributed by atoms with E-state index in [-0.39, 0.29) is 18.1 Å². The van der Waals surface area contributed by atoms with Crippen LogP contribution >= 0.6 is 0 Å². The van der Waals surface area contributed by atoms with Crippen LogP contribution in [0.4, 0.5) is 0 Å². The molecule has 0 aliphatic carbocycles. The maximum Gasteiger partial charge on any atom is 0.222 e. The largest absolute Gasteiger partial charge is 0.371 e. The predicted molar refractivity (Wildman–Crippen MR) is 76.0 cm³/mol. The van der Waals surface area contributed by atoms with Gasteiger partial charge in [-0.1, -0.05) is 37.3 Å². The van der Waals surface area contributed by atoms with Gasteiger partial charge in [-0.2, -0.15) is 0 Å². The number of nitrogens with zero attached hydrogens (tertiary/aromatic N) is 1. The van der Waals surface area contributed by atoms with Crippen molar-refractivity contribution in [2.24, 2.45) is 0 Å². The second-order valence-electron chi connectivity index (χ2n) is 5.31. The number of carbonyl (C=O) groups is 1. The fraction of sp³-hybridized carbons (Fsp3) is 0.562. The molecular weight excluding hydrogens is 238 g/mol. The highest BCUT2D eigenvalue weighted by molar-refractivity contribution is 5.76. The van der Waals surface area contributed by atoms with Gasteiger partial charge >= 0.3 is 0 Å². The Kier molecular flexibility index (Phi) is 4.97. The van der Waals surface area contributed by atoms with Crippen LogP contribution in [0, 0.1) is 0 Å². The number of rotatable bonds is 4. The number of hydrogen-bond donors (Lipinski definition) is 0. The second kappa shape index (κ2) is 6.71. The van der Waals surface area contributed by atoms with E-state index in [9.17, 15) is 4.79 Å². The van der Waals surface area contributed by atoms with Crippen molar-refractivity contribution in [1.82, 2.24) is 4.90 Å². The topological polar surface area (TPSA) is 29.5 Å². The Hall–Kier alpha value is -1.35. The Morgan fingerprint density at radius 1 is 1.32 bits per heavy atom. The molecule has 0 spiro atoms. The Morgan fingerprint density at radius 3 is 2.74 bits per heavy atom. The maximum atomic E-state index is 12.0. The van der Waals surface area contributed by atoms with Gasteiger partial charge in [0.1, 0.15) is 0 Å². The SMILES string of the molecule is CCCC(=O)N1CC(C)OC(Cc2ccccc2)C1. The Bertz CT molecular complexity index is 404. The van der Waals surface area contributed by atoms with E-state index in [1.165, 1.54) is 5.56 Å². The van der Waals surface area contributed by atoms with E-state index in [0.717, 1.165) is 25.9 Å². The predicted octanol–water partition coefficient (Wildman–Crippen LogP) is 2.65. The molecule has 1 aliphatic heterocycles. The molecule has 19 heavy (non-hydrogen) atoms. The number of carbonyl (C=O) groups excluding carboxylic acids is 1. The second-order valence-corrected chi connectivity index (χ2v) is 5.31. The minimum Gasteiger partial charge on any atom is -0.371 e. The molecule has 1 aromatic carbocycles. The summed E-state index contributed by atoms with van der Waals surface area (Å²) in [6, 6.07) is 10.3. The molecule has 3 heteroatoms. The first-order valence-electron chi connectivity index (χ1n) is 7.16. The third-order valence-corrected chi connectivity index (χ3v) is 3.45. The summed E-state index contributed by atoms with van der Waals surface area (Å²) in [7, 11) is 0. The van der Waals surface area contributed by atoms with E-state index in [1.54, 1.807) is 0 Å². The maximum absolute atomic E-state index is 12.0. The molecule has 0 radical (unpaired) electrons. The van der Waals surface area contributed by atoms with E-state index < -0.39 is 0 Å². The molecule has 2 atom stereocenters. The van der Waals surface area contributed by atoms with E-state index in [0.29, 0.717) is 6.42 Å². The highest BCUT2D eigenvalue weighted by Crippen LogP contribution is 2.16. The summed E-state index contributed by atoms with van der Waals surface area (Å²) in [6.07, 6.45) is 2.68. The van der Waals surface area contributed by atoms with Crippen LogP contribution in [0.3, 0.4) is 0 Å². The number of amides is 1. The minimum absolute atomic E-state index is 0.118. The van der Waals surface area contributed by atoms with Crippen LogP contribution in [0.5, 0.6) is 0 Å². The van der Waals surface area contributed by atoms with Crippen LogP contribution in [-0.4, -0.2) is 36.1 Å². The molecule has 1 aliphatic rings. The number of ether oxygens (including phenoxy) is 1. The molecule has 0 bridgehead atoms. The summed E-state index contributed by atoms with van der Waals surface area (Å²) in [6.45, 7) is 5.54. The highest BCUT2D eigenvalue weighted by Gasteiger charge is 2.27. The molecule has 1 amide bonds. The van der Waals surface area contributed by atoms with Crippen LogP contribution in [0.25, 0.3) is 0 Å². The fourth-order valence-electron chi connectivity index (χ4n) is 2.61. The van der Waals surface area contributed by atoms with Crippen molar-refractivity contribution in [2.45, 2.75) is 45.3 Å². The van der Waals surface area contributed by atoms with Gasteiger partial charge in [-0.25, -0.2) is 0 Å². The fourth-order valence-corrected chi connectivity index (χ4v) is 2.61. The standard InChI is InChI=1S/C16H23NO2/c1-3-7-16(18)17-11-13(2)19-15(12-17)10-14-8-5-4-6-9-14/h4-6,8-9,13,15H,3,7,10-12H2,1-2H3. The number of benzene rings is 1. The molecule has 1 aromatic rings. The lowest BCUT2D eigenvalue weighted by Crippen LogP contribution is -2.49. The third-order valence-electron chi connectivity index (χ3n) is 3.45. The van der Waals surface area contributed by atoms with E-state index >= 15 is 0 Å². The van der Waals surface area contributed by atoms with Crippen molar-refractivity contribution in [3.8, 4) is 0 Å². The molecule has 2 unspecified atom stereocenters. The van der Waals surface area contributed by atoms with Gasteiger partial charge in [0.2, 0.25) is 5.91 Å². The first-order valence-corrected chi connectivity index (χ1v) is 7.16. The van der Waals surface area contributed by atoms with Crippen LogP contribution in [0.2, 0.25) is 0 Å². The Balaban J connectivity index is 1.96. The van der Waals surface area contributed by atoms with Gasteiger partial charge in [0, 0.05) is 25.9 Å². The molecule has 104 valence electrons. The summed E-state index contributed by atoms with van der Waals surface area (Å²) in [5.74, 6) is 0.260. The lowest BCUT2D eigenvalue weighted by Gasteiger charge is -2.37. The molecule has 3 nitrogen and oxygen atoms in total. The average Bonchev–Trinajstić information content (AvgIpc) is 2.39. The molecule has 0 saturated carbocycles. The lowest BCUT2D eigenvalue weighted by atomic mass is 10.1. The van der Waals surface area contributed by atoms with Gasteiger partial charge in [0.05, 0.1) is 12.2 Å². The first-order chi connectivity index (χ1) is 9.19. The molecule has 1 fully saturated rings. The average molecular weight is 261 g/mol. The minimum atomic E-state index is 0.118. The molecule has 1 saturated heterocycles. The van der Waals surface area contributed by atoms with Gasteiger partial charge in [-0.05, 0) is 18.9 Å². The van der Waals surface area contributed by atoms with Gasteiger partial charge in [0.25, 0.3) is 0 Å². The van der Waals surface area contributed by atoms with Crippen LogP contribution in [-0.2, 0) is 16.0 Å². The van der Waals surface area contributed by atoms with Crippen molar-refractivity contribution < 1.29 is 9.53 Å². The molecular formula is C16H23NO2. The van der Waals surface area contributed by atoms with Crippen molar-refractivity contribution in [3.05, 3.63) is 35.9 Å². The van der Waals surface area contributed by atoms with Gasteiger partial charge in [-0.3, -0.25) is 4.79 Å². The summed E-state index contributed by atoms with van der Waals surface area (Å²) in [5, 5.41) is 0. The van der Waals surface area contributed by atoms with Crippen LogP contribution < -0.4 is 0 Å². The monoisotopic (exact) mass is 261 g/mol. The normalized spacial score (nSPS) is 23.4. The third kappa shape index (κ3) is 4.06. The Morgan fingerprint density at radius 2 is 2.05 bits per heavy atom. The van der Waals surface area contributed by atoms with Crippen LogP contribution in [0.15, 0.2) is 30.3 Å². The number of morpholine rings is 1. The highest BCUT2D eigenvalue weighted by atomic mass is 16.5. The zero-order valence-electron chi connectivity index (χ0n) is 11.8. The van der Waals surface area contributed by atoms with Crippen molar-refractivity contribution in [1.29, 1.82) is 0 Å². The summed E-state index contributed by atoms with van der Waals surface area (Å²) >= 11 is 0. The van der Waals surface area contributed by atoms with Gasteiger partial charge in [0.15, 0.2) is 0 Å². The number of hydrogen-bond acceptors (Lipinski definition) is 2. The van der Waals surface area contributed by atoms with Crippen LogP contribution in [0.1, 0.15) is 32.3 Å². The summed E-state index contributed by atoms with van der Waals surface area (Å²) < 4.78 is 5.95. The quantitative estimate of drug-likeness (QED) is 0.834. The van der Waals surface area contributed by atoms with E-state index in [1.807, 2.05) is 36.9 Å². The molecule has 0 N–H and O–H groups in total. The van der Waals surface area contributed by atoms with Gasteiger partial charge in [-0.15, -0.1) is 0 Å².